The van der Waals surface area contributed by atoms with Gasteiger partial charge in [-0.15, -0.1) is 0 Å². The molecule has 6 nitrogen and oxygen atoms in total. The van der Waals surface area contributed by atoms with Crippen LogP contribution in [0, 0.1) is 11.7 Å². The third-order valence-electron chi connectivity index (χ3n) is 4.31. The molecular formula is C16H17F7N2O4S. The molecule has 2 rings (SSSR count). The molecule has 170 valence electrons. The molecule has 2 unspecified atom stereocenters. The van der Waals surface area contributed by atoms with Gasteiger partial charge in [0.05, 0.1) is 4.90 Å². The molecule has 1 aromatic rings. The molecule has 1 aliphatic heterocycles. The molecule has 2 N–H and O–H groups in total. The van der Waals surface area contributed by atoms with Crippen LogP contribution in [0.4, 0.5) is 30.7 Å². The molecule has 0 radical (unpaired) electrons. The number of hydrogen-bond acceptors (Lipinski definition) is 5. The number of rotatable bonds is 6. The van der Waals surface area contributed by atoms with Crippen LogP contribution in [0.25, 0.3) is 0 Å². The first-order chi connectivity index (χ1) is 13.7. The predicted molar refractivity (Wildman–Crippen MR) is 88.1 cm³/mol. The number of benzene rings is 1. The van der Waals surface area contributed by atoms with Crippen LogP contribution in [0.3, 0.4) is 0 Å². The Labute approximate surface area is 166 Å². The first-order valence-electron chi connectivity index (χ1n) is 8.52. The first kappa shape index (κ1) is 24.3. The van der Waals surface area contributed by atoms with Gasteiger partial charge in [-0.1, -0.05) is 0 Å². The molecule has 0 aromatic heterocycles. The van der Waals surface area contributed by atoms with Crippen LogP contribution in [0.1, 0.15) is 12.8 Å². The maximum absolute atomic E-state index is 12.9. The second-order valence-corrected chi connectivity index (χ2v) is 8.37. The highest BCUT2D eigenvalue weighted by molar-refractivity contribution is 7.89. The monoisotopic (exact) mass is 466 g/mol. The fourth-order valence-electron chi connectivity index (χ4n) is 2.80. The molecule has 0 aliphatic carbocycles. The van der Waals surface area contributed by atoms with E-state index in [0.717, 1.165) is 24.3 Å². The fourth-order valence-corrected chi connectivity index (χ4v) is 3.92. The van der Waals surface area contributed by atoms with E-state index in [4.69, 9.17) is 0 Å². The van der Waals surface area contributed by atoms with Gasteiger partial charge in [-0.3, -0.25) is 4.79 Å². The van der Waals surface area contributed by atoms with Crippen molar-refractivity contribution in [3.63, 3.8) is 0 Å². The zero-order chi connectivity index (χ0) is 22.7. The predicted octanol–water partition coefficient (Wildman–Crippen LogP) is 2.51. The molecule has 0 amide bonds. The third-order valence-corrected chi connectivity index (χ3v) is 5.75. The highest BCUT2D eigenvalue weighted by atomic mass is 32.2. The van der Waals surface area contributed by atoms with E-state index in [2.05, 4.69) is 14.8 Å². The van der Waals surface area contributed by atoms with Crippen molar-refractivity contribution in [2.24, 2.45) is 5.92 Å². The molecule has 1 aromatic carbocycles. The number of carbonyl (C=O) groups is 1. The van der Waals surface area contributed by atoms with Gasteiger partial charge in [0.1, 0.15) is 11.9 Å². The molecule has 1 heterocycles. The molecule has 0 saturated carbocycles. The summed E-state index contributed by atoms with van der Waals surface area (Å²) in [5, 5.41) is 2.46. The summed E-state index contributed by atoms with van der Waals surface area (Å²) in [6.07, 6.45) is -15.8. The van der Waals surface area contributed by atoms with E-state index in [-0.39, 0.29) is 24.4 Å². The highest BCUT2D eigenvalue weighted by Crippen LogP contribution is 2.36. The summed E-state index contributed by atoms with van der Waals surface area (Å²) in [4.78, 5) is 11.6. The average molecular weight is 466 g/mol. The zero-order valence-electron chi connectivity index (χ0n) is 15.1. The molecule has 30 heavy (non-hydrogen) atoms. The maximum Gasteiger partial charge on any atom is 0.434 e. The van der Waals surface area contributed by atoms with Crippen molar-refractivity contribution in [2.45, 2.75) is 42.2 Å². The Morgan fingerprint density at radius 3 is 2.23 bits per heavy atom. The van der Waals surface area contributed by atoms with Gasteiger partial charge >= 0.3 is 18.3 Å². The average Bonchev–Trinajstić information content (AvgIpc) is 2.63. The van der Waals surface area contributed by atoms with Gasteiger partial charge in [0.25, 0.3) is 6.10 Å². The van der Waals surface area contributed by atoms with Crippen LogP contribution in [-0.4, -0.2) is 52.0 Å². The van der Waals surface area contributed by atoms with Crippen molar-refractivity contribution >= 4 is 16.0 Å². The summed E-state index contributed by atoms with van der Waals surface area (Å²) in [6, 6.07) is 2.45. The van der Waals surface area contributed by atoms with Gasteiger partial charge in [0.15, 0.2) is 0 Å². The Morgan fingerprint density at radius 2 is 1.70 bits per heavy atom. The Balaban J connectivity index is 1.98. The van der Waals surface area contributed by atoms with Crippen LogP contribution in [0.2, 0.25) is 0 Å². The van der Waals surface area contributed by atoms with Crippen molar-refractivity contribution in [3.05, 3.63) is 30.1 Å². The largest absolute Gasteiger partial charge is 0.442 e. The van der Waals surface area contributed by atoms with Gasteiger partial charge in [0.2, 0.25) is 10.0 Å². The minimum Gasteiger partial charge on any atom is -0.442 e. The van der Waals surface area contributed by atoms with Crippen LogP contribution in [-0.2, 0) is 19.6 Å². The van der Waals surface area contributed by atoms with Crippen LogP contribution in [0.5, 0.6) is 0 Å². The van der Waals surface area contributed by atoms with Crippen LogP contribution in [0.15, 0.2) is 29.2 Å². The van der Waals surface area contributed by atoms with E-state index in [1.165, 1.54) is 0 Å². The lowest BCUT2D eigenvalue weighted by atomic mass is 9.92. The summed E-state index contributed by atoms with van der Waals surface area (Å²) < 4.78 is 118. The van der Waals surface area contributed by atoms with E-state index in [0.29, 0.717) is 6.42 Å². The van der Waals surface area contributed by atoms with Crippen molar-refractivity contribution in [1.82, 2.24) is 10.0 Å². The SMILES string of the molecule is O=C(OC(C(F)(F)F)C(F)(F)F)C1CC(CNS(=O)(=O)c2ccc(F)cc2)CCN1. The Morgan fingerprint density at radius 1 is 1.13 bits per heavy atom. The van der Waals surface area contributed by atoms with Crippen molar-refractivity contribution in [2.75, 3.05) is 13.1 Å². The third kappa shape index (κ3) is 6.54. The lowest BCUT2D eigenvalue weighted by Crippen LogP contribution is -2.51. The number of esters is 1. The summed E-state index contributed by atoms with van der Waals surface area (Å²) in [5.74, 6) is -2.94. The molecule has 0 spiro atoms. The summed E-state index contributed by atoms with van der Waals surface area (Å²) in [6.45, 7) is -0.182. The Hall–Kier alpha value is -1.93. The fraction of sp³-hybridized carbons (Fsp3) is 0.562. The number of halogens is 7. The summed E-state index contributed by atoms with van der Waals surface area (Å²) in [5.41, 5.74) is 0. The molecule has 1 aliphatic rings. The molecular weight excluding hydrogens is 449 g/mol. The number of nitrogens with one attached hydrogen (secondary N) is 2. The number of alkyl halides is 6. The van der Waals surface area contributed by atoms with Crippen LogP contribution < -0.4 is 10.0 Å². The molecule has 2 atom stereocenters. The second-order valence-electron chi connectivity index (χ2n) is 6.60. The van der Waals surface area contributed by atoms with Crippen molar-refractivity contribution in [1.29, 1.82) is 0 Å². The smallest absolute Gasteiger partial charge is 0.434 e. The molecule has 1 fully saturated rings. The number of ether oxygens (including phenoxy) is 1. The zero-order valence-corrected chi connectivity index (χ0v) is 15.9. The highest BCUT2D eigenvalue weighted by Gasteiger charge is 2.60. The lowest BCUT2D eigenvalue weighted by molar-refractivity contribution is -0.314. The standard InChI is InChI=1S/C16H17F7N2O4S/c17-10-1-3-11(4-2-10)30(27,28)25-8-9-5-6-24-12(7-9)13(26)29-14(15(18,19)20)16(21,22)23/h1-4,9,12,14,24-25H,5-8H2. The quantitative estimate of drug-likeness (QED) is 0.497. The molecule has 1 saturated heterocycles. The van der Waals surface area contributed by atoms with E-state index >= 15 is 0 Å². The number of hydrogen-bond donors (Lipinski definition) is 2. The van der Waals surface area contributed by atoms with Gasteiger partial charge < -0.3 is 10.1 Å². The van der Waals surface area contributed by atoms with Gasteiger partial charge in [-0.2, -0.15) is 26.3 Å². The van der Waals surface area contributed by atoms with E-state index in [1.807, 2.05) is 0 Å². The van der Waals surface area contributed by atoms with Gasteiger partial charge in [-0.25, -0.2) is 17.5 Å². The van der Waals surface area contributed by atoms with E-state index < -0.39 is 52.2 Å². The number of piperidine rings is 1. The minimum absolute atomic E-state index is 0.0470. The minimum atomic E-state index is -5.83. The van der Waals surface area contributed by atoms with Gasteiger partial charge in [-0.05, 0) is 49.6 Å². The van der Waals surface area contributed by atoms with Crippen LogP contribution >= 0.6 is 0 Å². The topological polar surface area (TPSA) is 84.5 Å². The summed E-state index contributed by atoms with van der Waals surface area (Å²) in [7, 11) is -4.02. The number of sulfonamides is 1. The molecule has 0 bridgehead atoms. The van der Waals surface area contributed by atoms with Crippen molar-refractivity contribution < 1.29 is 48.7 Å². The normalized spacial score (nSPS) is 20.9. The van der Waals surface area contributed by atoms with Crippen molar-refractivity contribution in [3.8, 4) is 0 Å². The molecule has 14 heteroatoms. The number of carbonyl (C=O) groups excluding carboxylic acids is 1. The first-order valence-corrected chi connectivity index (χ1v) is 10.0. The lowest BCUT2D eigenvalue weighted by Gasteiger charge is -2.31. The Bertz CT molecular complexity index is 827. The Kier molecular flexibility index (Phi) is 7.35. The second kappa shape index (κ2) is 9.06. The van der Waals surface area contributed by atoms with E-state index in [1.54, 1.807) is 0 Å². The van der Waals surface area contributed by atoms with E-state index in [9.17, 15) is 43.9 Å². The maximum atomic E-state index is 12.9. The van der Waals surface area contributed by atoms with Gasteiger partial charge in [0, 0.05) is 6.54 Å². The summed E-state index contributed by atoms with van der Waals surface area (Å²) >= 11 is 0.